The molecule has 1 fully saturated rings. The van der Waals surface area contributed by atoms with Gasteiger partial charge in [0.05, 0.1) is 0 Å². The summed E-state index contributed by atoms with van der Waals surface area (Å²) in [7, 11) is 0. The van der Waals surface area contributed by atoms with Crippen LogP contribution >= 0.6 is 15.9 Å². The monoisotopic (exact) mass is 343 g/mol. The third-order valence-corrected chi connectivity index (χ3v) is 5.05. The van der Waals surface area contributed by atoms with E-state index in [1.54, 1.807) is 0 Å². The molecule has 3 rings (SSSR count). The molecule has 0 radical (unpaired) electrons. The van der Waals surface area contributed by atoms with Crippen LogP contribution in [-0.4, -0.2) is 0 Å². The molecule has 0 saturated heterocycles. The fraction of sp³-hybridized carbons (Fsp3) is 0.368. The molecular formula is C19H22BrN. The van der Waals surface area contributed by atoms with Crippen molar-refractivity contribution in [1.82, 2.24) is 5.32 Å². The van der Waals surface area contributed by atoms with E-state index < -0.39 is 0 Å². The van der Waals surface area contributed by atoms with Crippen LogP contribution in [0.3, 0.4) is 0 Å². The van der Waals surface area contributed by atoms with Gasteiger partial charge in [0.1, 0.15) is 0 Å². The van der Waals surface area contributed by atoms with Gasteiger partial charge in [0.25, 0.3) is 0 Å². The molecule has 1 N–H and O–H groups in total. The maximum atomic E-state index is 3.84. The highest BCUT2D eigenvalue weighted by Crippen LogP contribution is 2.42. The van der Waals surface area contributed by atoms with Gasteiger partial charge in [-0.25, -0.2) is 0 Å². The molecule has 1 aliphatic carbocycles. The van der Waals surface area contributed by atoms with Gasteiger partial charge in [0, 0.05) is 16.6 Å². The number of nitrogens with one attached hydrogen (secondary N) is 1. The summed E-state index contributed by atoms with van der Waals surface area (Å²) >= 11 is 3.67. The van der Waals surface area contributed by atoms with Gasteiger partial charge in [-0.2, -0.15) is 0 Å². The van der Waals surface area contributed by atoms with E-state index in [-0.39, 0.29) is 0 Å². The van der Waals surface area contributed by atoms with E-state index in [1.165, 1.54) is 34.0 Å². The van der Waals surface area contributed by atoms with Crippen LogP contribution in [0.5, 0.6) is 0 Å². The summed E-state index contributed by atoms with van der Waals surface area (Å²) in [6.45, 7) is 4.40. The summed E-state index contributed by atoms with van der Waals surface area (Å²) in [5.74, 6) is 0.789. The smallest absolute Gasteiger partial charge is 0.0353 e. The van der Waals surface area contributed by atoms with Gasteiger partial charge in [-0.05, 0) is 49.8 Å². The second-order valence-electron chi connectivity index (χ2n) is 6.14. The Morgan fingerprint density at radius 3 is 2.33 bits per heavy atom. The third-order valence-electron chi connectivity index (χ3n) is 4.33. The van der Waals surface area contributed by atoms with Gasteiger partial charge in [0.2, 0.25) is 0 Å². The fourth-order valence-electron chi connectivity index (χ4n) is 2.89. The number of rotatable bonds is 5. The average Bonchev–Trinajstić information content (AvgIpc) is 3.31. The normalized spacial score (nSPS) is 17.5. The molecule has 0 aromatic heterocycles. The van der Waals surface area contributed by atoms with E-state index in [9.17, 15) is 0 Å². The Kier molecular flexibility index (Phi) is 4.46. The van der Waals surface area contributed by atoms with Crippen LogP contribution in [0.15, 0.2) is 53.0 Å². The predicted octanol–water partition coefficient (Wildman–Crippen LogP) is 5.56. The van der Waals surface area contributed by atoms with Crippen molar-refractivity contribution in [2.45, 2.75) is 38.8 Å². The van der Waals surface area contributed by atoms with Crippen molar-refractivity contribution in [2.75, 3.05) is 0 Å². The molecule has 2 aromatic rings. The van der Waals surface area contributed by atoms with Gasteiger partial charge in [-0.3, -0.25) is 0 Å². The summed E-state index contributed by atoms with van der Waals surface area (Å²) in [5, 5.41) is 3.84. The van der Waals surface area contributed by atoms with Crippen LogP contribution in [0.1, 0.15) is 48.5 Å². The first-order chi connectivity index (χ1) is 10.1. The summed E-state index contributed by atoms with van der Waals surface area (Å²) in [6.07, 6.45) is 2.68. The highest BCUT2D eigenvalue weighted by atomic mass is 79.9. The largest absolute Gasteiger partial charge is 0.303 e. The van der Waals surface area contributed by atoms with Gasteiger partial charge in [0.15, 0.2) is 0 Å². The summed E-state index contributed by atoms with van der Waals surface area (Å²) in [5.41, 5.74) is 4.07. The summed E-state index contributed by atoms with van der Waals surface area (Å²) < 4.78 is 1.18. The van der Waals surface area contributed by atoms with E-state index in [4.69, 9.17) is 0 Å². The fourth-order valence-corrected chi connectivity index (χ4v) is 3.52. The zero-order valence-corrected chi connectivity index (χ0v) is 14.2. The summed E-state index contributed by atoms with van der Waals surface area (Å²) in [6, 6.07) is 18.3. The first kappa shape index (κ1) is 14.8. The number of halogens is 1. The number of hydrogen-bond acceptors (Lipinski definition) is 1. The predicted molar refractivity (Wildman–Crippen MR) is 92.3 cm³/mol. The van der Waals surface area contributed by atoms with Gasteiger partial charge in [-0.1, -0.05) is 64.0 Å². The van der Waals surface area contributed by atoms with Crippen molar-refractivity contribution < 1.29 is 0 Å². The van der Waals surface area contributed by atoms with Crippen molar-refractivity contribution in [3.8, 4) is 0 Å². The Hall–Kier alpha value is -1.12. The molecule has 2 atom stereocenters. The quantitative estimate of drug-likeness (QED) is 0.749. The lowest BCUT2D eigenvalue weighted by molar-refractivity contribution is 0.426. The van der Waals surface area contributed by atoms with E-state index in [2.05, 4.69) is 83.6 Å². The second kappa shape index (κ2) is 6.33. The van der Waals surface area contributed by atoms with Crippen LogP contribution in [0.4, 0.5) is 0 Å². The molecule has 0 bridgehead atoms. The lowest BCUT2D eigenvalue weighted by Gasteiger charge is -2.25. The molecule has 0 amide bonds. The SMILES string of the molecule is Cc1ccc(C(NC(C)c2ccccc2Br)C2CC2)cc1. The van der Waals surface area contributed by atoms with Gasteiger partial charge in [-0.15, -0.1) is 0 Å². The van der Waals surface area contributed by atoms with Crippen molar-refractivity contribution in [3.05, 3.63) is 69.7 Å². The zero-order chi connectivity index (χ0) is 14.8. The van der Waals surface area contributed by atoms with Crippen LogP contribution < -0.4 is 5.32 Å². The van der Waals surface area contributed by atoms with Crippen LogP contribution in [0.25, 0.3) is 0 Å². The third kappa shape index (κ3) is 3.56. The van der Waals surface area contributed by atoms with Gasteiger partial charge >= 0.3 is 0 Å². The summed E-state index contributed by atoms with van der Waals surface area (Å²) in [4.78, 5) is 0. The number of benzene rings is 2. The Labute approximate surface area is 135 Å². The Morgan fingerprint density at radius 2 is 1.71 bits per heavy atom. The first-order valence-corrected chi connectivity index (χ1v) is 8.51. The molecule has 1 nitrogen and oxygen atoms in total. The van der Waals surface area contributed by atoms with Gasteiger partial charge < -0.3 is 5.32 Å². The minimum atomic E-state index is 0.340. The number of aryl methyl sites for hydroxylation is 1. The van der Waals surface area contributed by atoms with E-state index in [0.29, 0.717) is 12.1 Å². The standard InChI is InChI=1S/C19H22BrN/c1-13-7-9-15(10-8-13)19(16-11-12-16)21-14(2)17-5-3-4-6-18(17)20/h3-10,14,16,19,21H,11-12H2,1-2H3. The average molecular weight is 344 g/mol. The molecule has 21 heavy (non-hydrogen) atoms. The molecule has 2 aromatic carbocycles. The van der Waals surface area contributed by atoms with Crippen LogP contribution in [0, 0.1) is 12.8 Å². The molecule has 110 valence electrons. The molecule has 1 saturated carbocycles. The van der Waals surface area contributed by atoms with Crippen molar-refractivity contribution in [3.63, 3.8) is 0 Å². The lowest BCUT2D eigenvalue weighted by Crippen LogP contribution is -2.26. The van der Waals surface area contributed by atoms with Crippen LogP contribution in [0.2, 0.25) is 0 Å². The maximum Gasteiger partial charge on any atom is 0.0353 e. The number of hydrogen-bond donors (Lipinski definition) is 1. The van der Waals surface area contributed by atoms with Crippen molar-refractivity contribution in [1.29, 1.82) is 0 Å². The highest BCUT2D eigenvalue weighted by Gasteiger charge is 2.33. The van der Waals surface area contributed by atoms with E-state index in [0.717, 1.165) is 5.92 Å². The molecular weight excluding hydrogens is 322 g/mol. The first-order valence-electron chi connectivity index (χ1n) is 7.72. The zero-order valence-electron chi connectivity index (χ0n) is 12.6. The van der Waals surface area contributed by atoms with E-state index >= 15 is 0 Å². The van der Waals surface area contributed by atoms with Crippen LogP contribution in [-0.2, 0) is 0 Å². The Balaban J connectivity index is 1.79. The second-order valence-corrected chi connectivity index (χ2v) is 6.99. The molecule has 0 aliphatic heterocycles. The van der Waals surface area contributed by atoms with Crippen molar-refractivity contribution >= 4 is 15.9 Å². The molecule has 2 unspecified atom stereocenters. The Morgan fingerprint density at radius 1 is 1.05 bits per heavy atom. The molecule has 2 heteroatoms. The highest BCUT2D eigenvalue weighted by molar-refractivity contribution is 9.10. The molecule has 0 heterocycles. The molecule has 1 aliphatic rings. The van der Waals surface area contributed by atoms with Crippen molar-refractivity contribution in [2.24, 2.45) is 5.92 Å². The topological polar surface area (TPSA) is 12.0 Å². The minimum Gasteiger partial charge on any atom is -0.303 e. The Bertz CT molecular complexity index is 601. The van der Waals surface area contributed by atoms with E-state index in [1.807, 2.05) is 0 Å². The molecule has 0 spiro atoms. The minimum absolute atomic E-state index is 0.340. The lowest BCUT2D eigenvalue weighted by atomic mass is 9.98. The maximum absolute atomic E-state index is 3.84.